The molecule has 0 aromatic rings. The molecule has 0 bridgehead atoms. The van der Waals surface area contributed by atoms with E-state index in [9.17, 15) is 4.79 Å². The van der Waals surface area contributed by atoms with Crippen molar-refractivity contribution in [2.75, 3.05) is 26.8 Å². The Morgan fingerprint density at radius 2 is 2.19 bits per heavy atom. The van der Waals surface area contributed by atoms with Crippen molar-refractivity contribution in [2.45, 2.75) is 38.3 Å². The Balaban J connectivity index is 1.86. The molecule has 0 spiro atoms. The van der Waals surface area contributed by atoms with E-state index in [4.69, 9.17) is 4.74 Å². The maximum atomic E-state index is 12.2. The van der Waals surface area contributed by atoms with Crippen LogP contribution in [0.3, 0.4) is 0 Å². The molecular weight excluding hydrogens is 204 g/mol. The molecule has 1 N–H and O–H groups in total. The van der Waals surface area contributed by atoms with E-state index in [1.165, 1.54) is 0 Å². The van der Waals surface area contributed by atoms with Gasteiger partial charge in [-0.15, -0.1) is 0 Å². The summed E-state index contributed by atoms with van der Waals surface area (Å²) in [6.45, 7) is 4.51. The molecule has 0 radical (unpaired) electrons. The number of piperidine rings is 1. The monoisotopic (exact) mass is 226 g/mol. The number of rotatable bonds is 2. The maximum Gasteiger partial charge on any atom is 0.227 e. The quantitative estimate of drug-likeness (QED) is 0.750. The summed E-state index contributed by atoms with van der Waals surface area (Å²) in [4.78, 5) is 14.1. The molecule has 92 valence electrons. The summed E-state index contributed by atoms with van der Waals surface area (Å²) in [5.41, 5.74) is 0. The third-order valence-electron chi connectivity index (χ3n) is 3.81. The van der Waals surface area contributed by atoms with Crippen LogP contribution in [0, 0.1) is 5.92 Å². The lowest BCUT2D eigenvalue weighted by atomic mass is 9.94. The maximum absolute atomic E-state index is 12.2. The molecule has 3 unspecified atom stereocenters. The fourth-order valence-corrected chi connectivity index (χ4v) is 2.50. The van der Waals surface area contributed by atoms with Crippen molar-refractivity contribution in [1.29, 1.82) is 0 Å². The van der Waals surface area contributed by atoms with Crippen molar-refractivity contribution in [3.05, 3.63) is 0 Å². The summed E-state index contributed by atoms with van der Waals surface area (Å²) in [7, 11) is 1.92. The van der Waals surface area contributed by atoms with Crippen LogP contribution in [0.1, 0.15) is 26.2 Å². The summed E-state index contributed by atoms with van der Waals surface area (Å²) in [6.07, 6.45) is 3.11. The fraction of sp³-hybridized carbons (Fsp3) is 0.917. The van der Waals surface area contributed by atoms with Gasteiger partial charge in [0.05, 0.1) is 18.6 Å². The second-order valence-corrected chi connectivity index (χ2v) is 5.05. The lowest BCUT2D eigenvalue weighted by Crippen LogP contribution is -2.47. The lowest BCUT2D eigenvalue weighted by Gasteiger charge is -2.32. The topological polar surface area (TPSA) is 41.6 Å². The van der Waals surface area contributed by atoms with Crippen molar-refractivity contribution in [1.82, 2.24) is 10.2 Å². The number of hydrogen-bond donors (Lipinski definition) is 1. The van der Waals surface area contributed by atoms with Gasteiger partial charge in [0, 0.05) is 26.2 Å². The smallest absolute Gasteiger partial charge is 0.227 e. The Labute approximate surface area is 97.3 Å². The Morgan fingerprint density at radius 1 is 1.38 bits per heavy atom. The number of hydrogen-bond acceptors (Lipinski definition) is 3. The van der Waals surface area contributed by atoms with Crippen LogP contribution >= 0.6 is 0 Å². The van der Waals surface area contributed by atoms with E-state index in [1.54, 1.807) is 0 Å². The minimum atomic E-state index is 0.168. The molecule has 1 amide bonds. The number of nitrogens with one attached hydrogen (secondary N) is 1. The molecular formula is C12H22N2O2. The van der Waals surface area contributed by atoms with Crippen molar-refractivity contribution < 1.29 is 9.53 Å². The molecule has 16 heavy (non-hydrogen) atoms. The first-order valence-electron chi connectivity index (χ1n) is 6.26. The Kier molecular flexibility index (Phi) is 3.82. The minimum absolute atomic E-state index is 0.168. The first-order valence-corrected chi connectivity index (χ1v) is 6.26. The van der Waals surface area contributed by atoms with Gasteiger partial charge in [-0.1, -0.05) is 0 Å². The highest BCUT2D eigenvalue weighted by molar-refractivity contribution is 5.79. The molecule has 2 fully saturated rings. The van der Waals surface area contributed by atoms with Crippen molar-refractivity contribution >= 4 is 5.91 Å². The summed E-state index contributed by atoms with van der Waals surface area (Å²) in [5.74, 6) is 0.455. The molecule has 0 saturated carbocycles. The number of amides is 1. The third kappa shape index (κ3) is 2.55. The van der Waals surface area contributed by atoms with Gasteiger partial charge in [0.15, 0.2) is 0 Å². The van der Waals surface area contributed by atoms with E-state index in [1.807, 2.05) is 11.9 Å². The van der Waals surface area contributed by atoms with Crippen LogP contribution in [0.4, 0.5) is 0 Å². The molecule has 4 heteroatoms. The second-order valence-electron chi connectivity index (χ2n) is 5.05. The summed E-state index contributed by atoms with van der Waals surface area (Å²) in [6, 6.07) is 0.857. The van der Waals surface area contributed by atoms with Gasteiger partial charge < -0.3 is 15.0 Å². The van der Waals surface area contributed by atoms with Crippen LogP contribution in [0.15, 0.2) is 0 Å². The molecule has 2 aliphatic rings. The standard InChI is InChI=1S/C12H22N2O2/c1-9-3-4-10(7-13-9)12(15)14(2)11-5-6-16-8-11/h9-11,13H,3-8H2,1-2H3. The first-order chi connectivity index (χ1) is 7.68. The Bertz CT molecular complexity index is 243. The fourth-order valence-electron chi connectivity index (χ4n) is 2.50. The zero-order chi connectivity index (χ0) is 11.5. The second kappa shape index (κ2) is 5.15. The van der Waals surface area contributed by atoms with Gasteiger partial charge in [-0.25, -0.2) is 0 Å². The van der Waals surface area contributed by atoms with Crippen molar-refractivity contribution in [3.63, 3.8) is 0 Å². The first kappa shape index (κ1) is 11.9. The van der Waals surface area contributed by atoms with Crippen LogP contribution in [0.5, 0.6) is 0 Å². The summed E-state index contributed by atoms with van der Waals surface area (Å²) in [5, 5.41) is 3.38. The number of carbonyl (C=O) groups excluding carboxylic acids is 1. The zero-order valence-electron chi connectivity index (χ0n) is 10.2. The molecule has 2 rings (SSSR count). The predicted octanol–water partition coefficient (Wildman–Crippen LogP) is 0.622. The van der Waals surface area contributed by atoms with E-state index < -0.39 is 0 Å². The van der Waals surface area contributed by atoms with Gasteiger partial charge >= 0.3 is 0 Å². The zero-order valence-corrected chi connectivity index (χ0v) is 10.2. The van der Waals surface area contributed by atoms with Gasteiger partial charge in [0.1, 0.15) is 0 Å². The van der Waals surface area contributed by atoms with Gasteiger partial charge in [0.25, 0.3) is 0 Å². The predicted molar refractivity (Wildman–Crippen MR) is 62.2 cm³/mol. The average Bonchev–Trinajstić information content (AvgIpc) is 2.81. The molecule has 2 saturated heterocycles. The molecule has 4 nitrogen and oxygen atoms in total. The van der Waals surface area contributed by atoms with Crippen LogP contribution in [-0.2, 0) is 9.53 Å². The summed E-state index contributed by atoms with van der Waals surface area (Å²) >= 11 is 0. The highest BCUT2D eigenvalue weighted by Gasteiger charge is 2.31. The van der Waals surface area contributed by atoms with Crippen LogP contribution < -0.4 is 5.32 Å². The van der Waals surface area contributed by atoms with E-state index in [0.29, 0.717) is 18.7 Å². The van der Waals surface area contributed by atoms with E-state index in [2.05, 4.69) is 12.2 Å². The third-order valence-corrected chi connectivity index (χ3v) is 3.81. The van der Waals surface area contributed by atoms with Gasteiger partial charge in [-0.2, -0.15) is 0 Å². The van der Waals surface area contributed by atoms with Crippen LogP contribution in [-0.4, -0.2) is 49.7 Å². The largest absolute Gasteiger partial charge is 0.379 e. The van der Waals surface area contributed by atoms with Gasteiger partial charge in [-0.3, -0.25) is 4.79 Å². The van der Waals surface area contributed by atoms with Crippen LogP contribution in [0.2, 0.25) is 0 Å². The summed E-state index contributed by atoms with van der Waals surface area (Å²) < 4.78 is 5.32. The van der Waals surface area contributed by atoms with Gasteiger partial charge in [-0.05, 0) is 26.2 Å². The SMILES string of the molecule is CC1CCC(C(=O)N(C)C2CCOC2)CN1. The number of likely N-dealkylation sites (N-methyl/N-ethyl adjacent to an activating group) is 1. The number of carbonyl (C=O) groups is 1. The normalized spacial score (nSPS) is 35.0. The number of nitrogens with zero attached hydrogens (tertiary/aromatic N) is 1. The van der Waals surface area contributed by atoms with Crippen LogP contribution in [0.25, 0.3) is 0 Å². The molecule has 0 aromatic heterocycles. The molecule has 2 aliphatic heterocycles. The van der Waals surface area contributed by atoms with E-state index in [-0.39, 0.29) is 11.8 Å². The highest BCUT2D eigenvalue weighted by Crippen LogP contribution is 2.19. The van der Waals surface area contributed by atoms with Crippen molar-refractivity contribution in [2.24, 2.45) is 5.92 Å². The van der Waals surface area contributed by atoms with E-state index in [0.717, 1.165) is 32.4 Å². The molecule has 2 heterocycles. The molecule has 0 aliphatic carbocycles. The van der Waals surface area contributed by atoms with Crippen molar-refractivity contribution in [3.8, 4) is 0 Å². The lowest BCUT2D eigenvalue weighted by molar-refractivity contribution is -0.137. The molecule has 0 aromatic carbocycles. The Hall–Kier alpha value is -0.610. The number of ether oxygens (including phenoxy) is 1. The highest BCUT2D eigenvalue weighted by atomic mass is 16.5. The van der Waals surface area contributed by atoms with Gasteiger partial charge in [0.2, 0.25) is 5.91 Å². The van der Waals surface area contributed by atoms with E-state index >= 15 is 0 Å². The minimum Gasteiger partial charge on any atom is -0.379 e. The Morgan fingerprint density at radius 3 is 2.75 bits per heavy atom. The average molecular weight is 226 g/mol. The molecule has 3 atom stereocenters.